The van der Waals surface area contributed by atoms with Crippen molar-refractivity contribution in [3.8, 4) is 0 Å². The SMILES string of the molecule is Cc1cccc(NC(=O)c2cc(Nc3cccc(Cl)c3C)nc(C)n2)c1. The highest BCUT2D eigenvalue weighted by molar-refractivity contribution is 6.31. The van der Waals surface area contributed by atoms with E-state index in [0.29, 0.717) is 22.4 Å². The molecule has 0 aliphatic carbocycles. The predicted octanol–water partition coefficient (Wildman–Crippen LogP) is 5.05. The zero-order chi connectivity index (χ0) is 18.7. The summed E-state index contributed by atoms with van der Waals surface area (Å²) >= 11 is 6.16. The van der Waals surface area contributed by atoms with Gasteiger partial charge in [0.1, 0.15) is 17.3 Å². The number of nitrogens with zero attached hydrogens (tertiary/aromatic N) is 2. The molecule has 2 aromatic carbocycles. The molecule has 0 aliphatic heterocycles. The molecule has 0 bridgehead atoms. The first-order valence-corrected chi connectivity index (χ1v) is 8.56. The van der Waals surface area contributed by atoms with Gasteiger partial charge in [-0.15, -0.1) is 0 Å². The number of aromatic nitrogens is 2. The Morgan fingerprint density at radius 3 is 2.54 bits per heavy atom. The van der Waals surface area contributed by atoms with Gasteiger partial charge in [0.05, 0.1) is 0 Å². The van der Waals surface area contributed by atoms with Gasteiger partial charge in [-0.2, -0.15) is 0 Å². The lowest BCUT2D eigenvalue weighted by atomic mass is 10.2. The Morgan fingerprint density at radius 1 is 1.00 bits per heavy atom. The number of rotatable bonds is 4. The largest absolute Gasteiger partial charge is 0.340 e. The van der Waals surface area contributed by atoms with Crippen molar-refractivity contribution >= 4 is 34.7 Å². The monoisotopic (exact) mass is 366 g/mol. The average Bonchev–Trinajstić information content (AvgIpc) is 2.58. The molecule has 0 aliphatic rings. The molecule has 0 unspecified atom stereocenters. The van der Waals surface area contributed by atoms with E-state index >= 15 is 0 Å². The number of benzene rings is 2. The maximum atomic E-state index is 12.6. The fourth-order valence-electron chi connectivity index (χ4n) is 2.55. The van der Waals surface area contributed by atoms with E-state index in [2.05, 4.69) is 20.6 Å². The lowest BCUT2D eigenvalue weighted by Gasteiger charge is -2.12. The van der Waals surface area contributed by atoms with E-state index in [9.17, 15) is 4.79 Å². The van der Waals surface area contributed by atoms with E-state index < -0.39 is 0 Å². The maximum absolute atomic E-state index is 12.6. The number of hydrogen-bond donors (Lipinski definition) is 2. The first-order valence-electron chi connectivity index (χ1n) is 8.18. The van der Waals surface area contributed by atoms with Crippen LogP contribution in [0.2, 0.25) is 5.02 Å². The Kier molecular flexibility index (Phi) is 5.19. The second kappa shape index (κ2) is 7.54. The second-order valence-corrected chi connectivity index (χ2v) is 6.45. The summed E-state index contributed by atoms with van der Waals surface area (Å²) in [5.41, 5.74) is 3.84. The van der Waals surface area contributed by atoms with Gasteiger partial charge in [-0.1, -0.05) is 29.8 Å². The fourth-order valence-corrected chi connectivity index (χ4v) is 2.72. The summed E-state index contributed by atoms with van der Waals surface area (Å²) in [6, 6.07) is 14.8. The van der Waals surface area contributed by atoms with Crippen molar-refractivity contribution in [2.24, 2.45) is 0 Å². The van der Waals surface area contributed by atoms with Crippen molar-refractivity contribution in [1.82, 2.24) is 9.97 Å². The van der Waals surface area contributed by atoms with Crippen LogP contribution in [0.5, 0.6) is 0 Å². The summed E-state index contributed by atoms with van der Waals surface area (Å²) in [6.07, 6.45) is 0. The summed E-state index contributed by atoms with van der Waals surface area (Å²) in [5.74, 6) is 0.758. The molecule has 0 saturated heterocycles. The zero-order valence-electron chi connectivity index (χ0n) is 14.8. The van der Waals surface area contributed by atoms with Gasteiger partial charge in [0, 0.05) is 22.5 Å². The molecule has 0 saturated carbocycles. The van der Waals surface area contributed by atoms with Gasteiger partial charge in [0.2, 0.25) is 0 Å². The van der Waals surface area contributed by atoms with E-state index in [0.717, 1.165) is 22.5 Å². The molecule has 1 amide bonds. The molecule has 0 spiro atoms. The van der Waals surface area contributed by atoms with Gasteiger partial charge < -0.3 is 10.6 Å². The molecule has 3 aromatic rings. The normalized spacial score (nSPS) is 10.5. The molecule has 1 heterocycles. The van der Waals surface area contributed by atoms with Crippen LogP contribution in [-0.4, -0.2) is 15.9 Å². The molecule has 132 valence electrons. The number of carbonyl (C=O) groups is 1. The van der Waals surface area contributed by atoms with Crippen molar-refractivity contribution in [3.05, 3.63) is 76.2 Å². The van der Waals surface area contributed by atoms with E-state index in [1.165, 1.54) is 0 Å². The predicted molar refractivity (Wildman–Crippen MR) is 105 cm³/mol. The second-order valence-electron chi connectivity index (χ2n) is 6.05. The van der Waals surface area contributed by atoms with Crippen LogP contribution in [0.25, 0.3) is 0 Å². The van der Waals surface area contributed by atoms with Crippen molar-refractivity contribution < 1.29 is 4.79 Å². The van der Waals surface area contributed by atoms with Crippen LogP contribution < -0.4 is 10.6 Å². The number of amides is 1. The Balaban J connectivity index is 1.85. The third kappa shape index (κ3) is 4.18. The lowest BCUT2D eigenvalue weighted by Crippen LogP contribution is -2.15. The number of nitrogens with one attached hydrogen (secondary N) is 2. The van der Waals surface area contributed by atoms with Crippen LogP contribution in [0, 0.1) is 20.8 Å². The Labute approximate surface area is 157 Å². The fraction of sp³-hybridized carbons (Fsp3) is 0.150. The molecule has 1 aromatic heterocycles. The van der Waals surface area contributed by atoms with Crippen LogP contribution in [-0.2, 0) is 0 Å². The highest BCUT2D eigenvalue weighted by atomic mass is 35.5. The van der Waals surface area contributed by atoms with Crippen LogP contribution in [0.1, 0.15) is 27.4 Å². The quantitative estimate of drug-likeness (QED) is 0.678. The standard InChI is InChI=1S/C20H19ClN4O/c1-12-6-4-7-15(10-12)24-20(26)18-11-19(23-14(3)22-18)25-17-9-5-8-16(21)13(17)2/h4-11H,1-3H3,(H,24,26)(H,22,23,25). The van der Waals surface area contributed by atoms with Gasteiger partial charge in [-0.25, -0.2) is 9.97 Å². The Hall–Kier alpha value is -2.92. The third-order valence-electron chi connectivity index (χ3n) is 3.88. The smallest absolute Gasteiger partial charge is 0.274 e. The molecule has 3 rings (SSSR count). The summed E-state index contributed by atoms with van der Waals surface area (Å²) in [6.45, 7) is 5.64. The molecule has 0 fully saturated rings. The van der Waals surface area contributed by atoms with Gasteiger partial charge in [0.15, 0.2) is 0 Å². The van der Waals surface area contributed by atoms with Gasteiger partial charge >= 0.3 is 0 Å². The van der Waals surface area contributed by atoms with E-state index in [1.807, 2.05) is 56.3 Å². The summed E-state index contributed by atoms with van der Waals surface area (Å²) in [5, 5.41) is 6.73. The van der Waals surface area contributed by atoms with Crippen molar-refractivity contribution in [1.29, 1.82) is 0 Å². The number of carbonyl (C=O) groups excluding carboxylic acids is 1. The van der Waals surface area contributed by atoms with Crippen molar-refractivity contribution in [2.75, 3.05) is 10.6 Å². The summed E-state index contributed by atoms with van der Waals surface area (Å²) in [4.78, 5) is 21.2. The minimum absolute atomic E-state index is 0.285. The Morgan fingerprint density at radius 2 is 1.77 bits per heavy atom. The van der Waals surface area contributed by atoms with Crippen LogP contribution in [0.4, 0.5) is 17.2 Å². The highest BCUT2D eigenvalue weighted by Crippen LogP contribution is 2.25. The van der Waals surface area contributed by atoms with Crippen LogP contribution >= 0.6 is 11.6 Å². The highest BCUT2D eigenvalue weighted by Gasteiger charge is 2.12. The summed E-state index contributed by atoms with van der Waals surface area (Å²) < 4.78 is 0. The topological polar surface area (TPSA) is 66.9 Å². The van der Waals surface area contributed by atoms with Gasteiger partial charge in [-0.05, 0) is 56.2 Å². The minimum Gasteiger partial charge on any atom is -0.340 e. The molecule has 0 atom stereocenters. The first-order chi connectivity index (χ1) is 12.4. The van der Waals surface area contributed by atoms with Gasteiger partial charge in [-0.3, -0.25) is 4.79 Å². The van der Waals surface area contributed by atoms with E-state index in [4.69, 9.17) is 11.6 Å². The van der Waals surface area contributed by atoms with Crippen LogP contribution in [0.3, 0.4) is 0 Å². The number of aryl methyl sites for hydroxylation is 2. The van der Waals surface area contributed by atoms with Gasteiger partial charge in [0.25, 0.3) is 5.91 Å². The Bertz CT molecular complexity index is 972. The molecule has 5 nitrogen and oxygen atoms in total. The number of anilines is 3. The van der Waals surface area contributed by atoms with Crippen molar-refractivity contribution in [3.63, 3.8) is 0 Å². The third-order valence-corrected chi connectivity index (χ3v) is 4.29. The molecule has 6 heteroatoms. The number of hydrogen-bond acceptors (Lipinski definition) is 4. The average molecular weight is 367 g/mol. The zero-order valence-corrected chi connectivity index (χ0v) is 15.6. The molecular weight excluding hydrogens is 348 g/mol. The minimum atomic E-state index is -0.285. The molecule has 26 heavy (non-hydrogen) atoms. The maximum Gasteiger partial charge on any atom is 0.274 e. The van der Waals surface area contributed by atoms with Crippen molar-refractivity contribution in [2.45, 2.75) is 20.8 Å². The van der Waals surface area contributed by atoms with E-state index in [1.54, 1.807) is 13.0 Å². The first kappa shape index (κ1) is 17.9. The lowest BCUT2D eigenvalue weighted by molar-refractivity contribution is 0.102. The summed E-state index contributed by atoms with van der Waals surface area (Å²) in [7, 11) is 0. The molecule has 0 radical (unpaired) electrons. The number of halogens is 1. The molecular formula is C20H19ClN4O. The van der Waals surface area contributed by atoms with E-state index in [-0.39, 0.29) is 5.91 Å². The molecule has 2 N–H and O–H groups in total. The van der Waals surface area contributed by atoms with Crippen LogP contribution in [0.15, 0.2) is 48.5 Å².